The van der Waals surface area contributed by atoms with Gasteiger partial charge in [0.05, 0.1) is 12.6 Å². The van der Waals surface area contributed by atoms with Gasteiger partial charge in [0.2, 0.25) is 70.9 Å². The van der Waals surface area contributed by atoms with Crippen molar-refractivity contribution in [2.24, 2.45) is 41.4 Å². The smallest absolute Gasteiger partial charge is 0.246 e. The number of allylic oxidation sites excluding steroid dienone is 2. The predicted octanol–water partition coefficient (Wildman–Crippen LogP) is 4.98. The van der Waals surface area contributed by atoms with Gasteiger partial charge in [-0.1, -0.05) is 126 Å². The Hall–Kier alpha value is -6.81. The summed E-state index contributed by atoms with van der Waals surface area (Å²) in [5, 5.41) is 27.2. The van der Waals surface area contributed by atoms with Gasteiger partial charge in [0.25, 0.3) is 0 Å². The summed E-state index contributed by atoms with van der Waals surface area (Å²) in [6, 6.07) is -7.06. The van der Waals surface area contributed by atoms with Crippen LogP contribution in [-0.2, 0) is 57.5 Å². The average Bonchev–Trinajstić information content (AvgIpc) is 0.804. The number of amides is 12. The minimum atomic E-state index is -1.70. The third-order valence-corrected chi connectivity index (χ3v) is 20.1. The van der Waals surface area contributed by atoms with Crippen LogP contribution in [0.2, 0.25) is 0 Å². The minimum Gasteiger partial charge on any atom is -0.390 e. The largest absolute Gasteiger partial charge is 0.390 e. The standard InChI is InChI=1S/C71H121N13O13S2/c1-24-50-67(93)78(17)40-57(86)79(18)51(36-41(2)3)64(90)77-58(45(10)11)70(96)80(19)52(37-42(4)5)63(89)74-48(15)62(88)75-49(16)66(92)81(20)53(38-43(6)7)68(94)82(21)54(39-44(8)9)69(95)83(22)59(46(12)13)71(97)84(23)60(65(91)76-50)61(87)47(14)30-26-25-27-31-55(85)72-34-35-98-99-56-32-28-29-33-73-56/h25-26,28-29,32-33,41-54,58-61,87H,24,27,30-31,34-40H2,1-23H3,(H,72,85)(H,74,89)(H,75,88)(H,76,91)(H,77,90)/b26-25+/t47-,48+,49-,50+,51+,52+,53+,54+,58+,59+,60+,61-/m1/s1. The van der Waals surface area contributed by atoms with Gasteiger partial charge in [0.15, 0.2) is 0 Å². The van der Waals surface area contributed by atoms with Crippen molar-refractivity contribution in [2.75, 3.05) is 68.2 Å². The van der Waals surface area contributed by atoms with Crippen LogP contribution in [-0.4, -0.2) is 250 Å². The number of nitrogens with zero attached hydrogens (tertiary/aromatic N) is 8. The highest BCUT2D eigenvalue weighted by Gasteiger charge is 2.46. The zero-order valence-corrected chi connectivity index (χ0v) is 65.0. The van der Waals surface area contributed by atoms with Crippen molar-refractivity contribution in [1.29, 1.82) is 0 Å². The number of carbonyl (C=O) groups is 12. The van der Waals surface area contributed by atoms with Crippen LogP contribution in [0.25, 0.3) is 0 Å². The van der Waals surface area contributed by atoms with Crippen molar-refractivity contribution < 1.29 is 62.6 Å². The molecule has 1 saturated heterocycles. The molecule has 0 radical (unpaired) electrons. The van der Waals surface area contributed by atoms with Crippen LogP contribution in [0.15, 0.2) is 41.6 Å². The van der Waals surface area contributed by atoms with E-state index in [-0.39, 0.29) is 74.5 Å². The van der Waals surface area contributed by atoms with Gasteiger partial charge in [0.1, 0.15) is 65.4 Å². The number of rotatable bonds is 23. The molecule has 0 bridgehead atoms. The fourth-order valence-corrected chi connectivity index (χ4v) is 13.6. The fourth-order valence-electron chi connectivity index (χ4n) is 11.8. The Morgan fingerprint density at radius 2 is 1.06 bits per heavy atom. The normalized spacial score (nSPS) is 24.7. The Kier molecular flexibility index (Phi) is 37.9. The number of aromatic nitrogens is 1. The number of aliphatic hydroxyl groups is 1. The van der Waals surface area contributed by atoms with Crippen LogP contribution in [0.4, 0.5) is 0 Å². The van der Waals surface area contributed by atoms with E-state index < -0.39 is 156 Å². The van der Waals surface area contributed by atoms with Crippen molar-refractivity contribution >= 4 is 92.5 Å². The van der Waals surface area contributed by atoms with E-state index in [0.29, 0.717) is 18.7 Å². The average molecular weight is 1430 g/mol. The first-order valence-corrected chi connectivity index (χ1v) is 37.3. The highest BCUT2D eigenvalue weighted by atomic mass is 33.1. The highest BCUT2D eigenvalue weighted by Crippen LogP contribution is 2.29. The number of pyridine rings is 1. The third-order valence-electron chi connectivity index (χ3n) is 17.8. The third kappa shape index (κ3) is 27.2. The lowest BCUT2D eigenvalue weighted by Gasteiger charge is -2.41. The van der Waals surface area contributed by atoms with Crippen LogP contribution in [0.1, 0.15) is 162 Å². The van der Waals surface area contributed by atoms with E-state index in [9.17, 15) is 43.5 Å². The Morgan fingerprint density at radius 1 is 0.566 bits per heavy atom. The molecule has 1 aliphatic heterocycles. The lowest BCUT2D eigenvalue weighted by molar-refractivity contribution is -0.157. The van der Waals surface area contributed by atoms with Gasteiger partial charge in [-0.05, 0) is 123 Å². The first-order valence-electron chi connectivity index (χ1n) is 35.0. The van der Waals surface area contributed by atoms with E-state index >= 15 is 19.2 Å². The molecule has 1 fully saturated rings. The topological polar surface area (TPSA) is 321 Å². The van der Waals surface area contributed by atoms with E-state index in [1.54, 1.807) is 70.7 Å². The number of nitrogens with one attached hydrogen (secondary N) is 5. The molecule has 28 heteroatoms. The number of hydrogen-bond donors (Lipinski definition) is 6. The van der Waals surface area contributed by atoms with Crippen LogP contribution in [0.5, 0.6) is 0 Å². The molecule has 1 aromatic rings. The molecule has 2 heterocycles. The fraction of sp³-hybridized carbons (Fsp3) is 0.732. The number of likely N-dealkylation sites (N-methyl/N-ethyl adjacent to an activating group) is 7. The summed E-state index contributed by atoms with van der Waals surface area (Å²) in [7, 11) is 12.9. The van der Waals surface area contributed by atoms with E-state index in [4.69, 9.17) is 0 Å². The molecule has 0 unspecified atom stereocenters. The molecule has 1 aliphatic rings. The van der Waals surface area contributed by atoms with Crippen LogP contribution in [0, 0.1) is 41.4 Å². The lowest BCUT2D eigenvalue weighted by Crippen LogP contribution is -2.63. The molecule has 1 aromatic heterocycles. The first-order chi connectivity index (χ1) is 46.1. The zero-order chi connectivity index (χ0) is 75.6. The molecule has 12 atom stereocenters. The highest BCUT2D eigenvalue weighted by molar-refractivity contribution is 8.76. The second kappa shape index (κ2) is 42.4. The SMILES string of the molecule is CC[C@@H]1NC(=O)[C@H]([C@H](O)[C@H](C)C/C=C/CCC(=O)NCCSSc2ccccn2)N(C)C(=O)[C@H](C(C)C)N(C)C(=O)[C@H](CC(C)C)N(C)C(=O)[C@H](CC(C)C)N(C)C(=O)[C@@H](C)NC(=O)[C@H](C)NC(=O)[C@H](CC(C)C)N(C)C(=O)[C@H](C(C)C)NC(=O)[C@H](CC(C)C)N(C)C(=O)CN(C)C1=O. The Balaban J connectivity index is 2.87. The molecule has 2 rings (SSSR count). The van der Waals surface area contributed by atoms with Gasteiger partial charge in [-0.3, -0.25) is 57.5 Å². The maximum Gasteiger partial charge on any atom is 0.246 e. The minimum absolute atomic E-state index is 0.0181. The number of aliphatic hydroxyl groups excluding tert-OH is 1. The second-order valence-corrected chi connectivity index (χ2v) is 31.4. The Bertz CT molecular complexity index is 2880. The van der Waals surface area contributed by atoms with Crippen LogP contribution in [0.3, 0.4) is 0 Å². The molecular weight excluding hydrogens is 1310 g/mol. The van der Waals surface area contributed by atoms with Crippen molar-refractivity contribution in [1.82, 2.24) is 65.9 Å². The first kappa shape index (κ1) is 88.3. The van der Waals surface area contributed by atoms with Crippen LogP contribution >= 0.6 is 21.6 Å². The van der Waals surface area contributed by atoms with Gasteiger partial charge in [0, 0.05) is 74.2 Å². The van der Waals surface area contributed by atoms with Crippen LogP contribution < -0.4 is 26.6 Å². The number of carbonyl (C=O) groups excluding carboxylic acids is 12. The summed E-state index contributed by atoms with van der Waals surface area (Å²) in [4.78, 5) is 187. The summed E-state index contributed by atoms with van der Waals surface area (Å²) < 4.78 is 0. The van der Waals surface area contributed by atoms with Crippen molar-refractivity contribution in [3.63, 3.8) is 0 Å². The van der Waals surface area contributed by atoms with E-state index in [1.807, 2.05) is 73.6 Å². The van der Waals surface area contributed by atoms with Gasteiger partial charge < -0.3 is 66.0 Å². The second-order valence-electron chi connectivity index (χ2n) is 29.0. The van der Waals surface area contributed by atoms with E-state index in [0.717, 1.165) is 14.8 Å². The van der Waals surface area contributed by atoms with E-state index in [2.05, 4.69) is 31.6 Å². The zero-order valence-electron chi connectivity index (χ0n) is 63.4. The van der Waals surface area contributed by atoms with Gasteiger partial charge >= 0.3 is 0 Å². The summed E-state index contributed by atoms with van der Waals surface area (Å²) in [5.74, 6) is -9.76. The molecule has 99 heavy (non-hydrogen) atoms. The molecule has 12 amide bonds. The van der Waals surface area contributed by atoms with Crippen molar-refractivity contribution in [3.8, 4) is 0 Å². The van der Waals surface area contributed by atoms with Crippen molar-refractivity contribution in [2.45, 2.75) is 234 Å². The summed E-state index contributed by atoms with van der Waals surface area (Å²) in [5.41, 5.74) is 0. The van der Waals surface area contributed by atoms with Gasteiger partial charge in [-0.2, -0.15) is 0 Å². The van der Waals surface area contributed by atoms with Gasteiger partial charge in [-0.25, -0.2) is 4.98 Å². The molecule has 26 nitrogen and oxygen atoms in total. The molecule has 6 N–H and O–H groups in total. The molecule has 0 spiro atoms. The molecule has 560 valence electrons. The lowest BCUT2D eigenvalue weighted by atomic mass is 9.91. The quantitative estimate of drug-likeness (QED) is 0.0478. The molecule has 0 aromatic carbocycles. The Labute approximate surface area is 597 Å². The summed E-state index contributed by atoms with van der Waals surface area (Å²) in [6.07, 6.45) is 4.91. The summed E-state index contributed by atoms with van der Waals surface area (Å²) >= 11 is 0. The summed E-state index contributed by atoms with van der Waals surface area (Å²) in [6.45, 7) is 27.8. The van der Waals surface area contributed by atoms with Crippen molar-refractivity contribution in [3.05, 3.63) is 36.5 Å². The molecule has 0 aliphatic carbocycles. The Morgan fingerprint density at radius 3 is 1.58 bits per heavy atom. The maximum atomic E-state index is 15.4. The van der Waals surface area contributed by atoms with E-state index in [1.165, 1.54) is 98.5 Å². The molecule has 0 saturated carbocycles. The predicted molar refractivity (Wildman–Crippen MR) is 388 cm³/mol. The monoisotopic (exact) mass is 1430 g/mol. The van der Waals surface area contributed by atoms with Gasteiger partial charge in [-0.15, -0.1) is 0 Å². The maximum absolute atomic E-state index is 15.4. The molecular formula is C71H121N13O13S2. The number of hydrogen-bond acceptors (Lipinski definition) is 16.